The third kappa shape index (κ3) is 50.3. The van der Waals surface area contributed by atoms with Crippen LogP contribution in [-0.4, -0.2) is 66.3 Å². The van der Waals surface area contributed by atoms with E-state index < -0.39 is 45.8 Å². The summed E-state index contributed by atoms with van der Waals surface area (Å²) in [7, 11) is -4.55. The van der Waals surface area contributed by atoms with E-state index in [1.807, 2.05) is 0 Å². The fraction of sp³-hybridized carbons (Fsp3) is 0.625. The van der Waals surface area contributed by atoms with Crippen molar-refractivity contribution in [3.63, 3.8) is 0 Å². The van der Waals surface area contributed by atoms with Crippen molar-refractivity contribution < 1.29 is 43.0 Å². The molecule has 10 heteroatoms. The van der Waals surface area contributed by atoms with Crippen molar-refractivity contribution in [2.24, 2.45) is 0 Å². The number of aliphatic hydroxyl groups is 2. The molecule has 0 rings (SSSR count). The molecule has 0 fully saturated rings. The Morgan fingerprint density at radius 1 is 0.470 bits per heavy atom. The van der Waals surface area contributed by atoms with E-state index in [0.717, 1.165) is 96.3 Å². The number of carbonyl (C=O) groups is 1. The van der Waals surface area contributed by atoms with Crippen LogP contribution in [0.15, 0.2) is 122 Å². The van der Waals surface area contributed by atoms with Gasteiger partial charge in [0.05, 0.1) is 26.4 Å². The van der Waals surface area contributed by atoms with Crippen LogP contribution in [0.3, 0.4) is 0 Å². The molecule has 0 spiro atoms. The van der Waals surface area contributed by atoms with Gasteiger partial charge in [-0.2, -0.15) is 0 Å². The topological polar surface area (TPSA) is 132 Å². The van der Waals surface area contributed by atoms with Crippen molar-refractivity contribution in [3.05, 3.63) is 122 Å². The molecule has 0 heterocycles. The smallest absolute Gasteiger partial charge is 0.457 e. The quantitative estimate of drug-likeness (QED) is 0.0236. The number of esters is 1. The summed E-state index contributed by atoms with van der Waals surface area (Å²) < 4.78 is 33.5. The second kappa shape index (κ2) is 51.3. The number of carbonyl (C=O) groups excluding carboxylic acids is 1. The lowest BCUT2D eigenvalue weighted by Crippen LogP contribution is -2.29. The van der Waals surface area contributed by atoms with E-state index >= 15 is 0 Å². The maximum Gasteiger partial charge on any atom is 0.472 e. The molecule has 3 atom stereocenters. The average molecular weight is 941 g/mol. The molecule has 0 aliphatic rings. The Kier molecular flexibility index (Phi) is 48.8. The zero-order valence-electron chi connectivity index (χ0n) is 41.4. The van der Waals surface area contributed by atoms with Crippen molar-refractivity contribution in [1.82, 2.24) is 0 Å². The second-order valence-corrected chi connectivity index (χ2v) is 17.9. The van der Waals surface area contributed by atoms with Crippen LogP contribution in [0.2, 0.25) is 0 Å². The van der Waals surface area contributed by atoms with Crippen LogP contribution in [0.4, 0.5) is 0 Å². The summed E-state index contributed by atoms with van der Waals surface area (Å²) in [6.07, 6.45) is 68.8. The van der Waals surface area contributed by atoms with Gasteiger partial charge in [0.25, 0.3) is 0 Å². The molecule has 0 bridgehead atoms. The summed E-state index contributed by atoms with van der Waals surface area (Å²) in [5.41, 5.74) is 0. The molecule has 9 nitrogen and oxygen atoms in total. The van der Waals surface area contributed by atoms with E-state index in [-0.39, 0.29) is 13.0 Å². The highest BCUT2D eigenvalue weighted by Crippen LogP contribution is 2.43. The second-order valence-electron chi connectivity index (χ2n) is 16.4. The number of hydrogen-bond acceptors (Lipinski definition) is 8. The Morgan fingerprint density at radius 3 is 1.23 bits per heavy atom. The molecule has 0 aromatic carbocycles. The van der Waals surface area contributed by atoms with Gasteiger partial charge in [-0.15, -0.1) is 0 Å². The van der Waals surface area contributed by atoms with Gasteiger partial charge >= 0.3 is 13.8 Å². The van der Waals surface area contributed by atoms with E-state index in [9.17, 15) is 19.4 Å². The van der Waals surface area contributed by atoms with Crippen molar-refractivity contribution in [2.75, 3.05) is 33.0 Å². The lowest BCUT2D eigenvalue weighted by Gasteiger charge is -2.20. The summed E-state index contributed by atoms with van der Waals surface area (Å²) in [6.45, 7) is 3.21. The summed E-state index contributed by atoms with van der Waals surface area (Å²) in [6, 6.07) is 0. The SMILES string of the molecule is CC/C=C\C/C=C\C/C=C\C/C=C\C/C=C\C/C=C\CCCCC(=O)OC(COCCCCCCCCCCCCC/C=C\C/C=C\C/C=C\C/C=C\CC)COP(=O)(O)OCC(O)CO. The van der Waals surface area contributed by atoms with Crippen molar-refractivity contribution >= 4 is 13.8 Å². The maximum atomic E-state index is 12.7. The molecule has 3 unspecified atom stereocenters. The predicted octanol–water partition coefficient (Wildman–Crippen LogP) is 15.1. The Morgan fingerprint density at radius 2 is 0.818 bits per heavy atom. The van der Waals surface area contributed by atoms with Gasteiger partial charge in [0.1, 0.15) is 12.2 Å². The van der Waals surface area contributed by atoms with Crippen molar-refractivity contribution in [2.45, 2.75) is 193 Å². The van der Waals surface area contributed by atoms with Crippen molar-refractivity contribution in [1.29, 1.82) is 0 Å². The van der Waals surface area contributed by atoms with Gasteiger partial charge in [0.15, 0.2) is 0 Å². The Bertz CT molecular complexity index is 1440. The highest BCUT2D eigenvalue weighted by Gasteiger charge is 2.26. The standard InChI is InChI=1S/C56H93O9P/c1-3-5-7-9-11-13-15-17-19-21-23-25-26-27-29-31-33-35-37-39-41-43-45-47-49-62-52-55(53-64-66(60,61)63-51-54(58)50-57)65-56(59)48-46-44-42-40-38-36-34-32-30-28-24-22-20-18-16-14-12-10-8-6-4-2/h5-8,11-14,17-20,23-25,28,32,34,38,40,54-55,57-58H,3-4,9-10,15-16,21-22,26-27,29-31,33,35-37,39,41-53H2,1-2H3,(H,60,61)/b7-5-,8-6-,13-11-,14-12-,19-17-,20-18-,25-23-,28-24-,34-32-,40-38-. The molecular weight excluding hydrogens is 848 g/mol. The summed E-state index contributed by atoms with van der Waals surface area (Å²) in [4.78, 5) is 22.7. The molecule has 376 valence electrons. The Hall–Kier alpha value is -3.14. The van der Waals surface area contributed by atoms with Gasteiger partial charge in [0.2, 0.25) is 0 Å². The largest absolute Gasteiger partial charge is 0.472 e. The van der Waals surface area contributed by atoms with Crippen LogP contribution in [0, 0.1) is 0 Å². The van der Waals surface area contributed by atoms with Gasteiger partial charge < -0.3 is 24.6 Å². The average Bonchev–Trinajstić information content (AvgIpc) is 3.31. The van der Waals surface area contributed by atoms with Crippen LogP contribution in [0.25, 0.3) is 0 Å². The van der Waals surface area contributed by atoms with E-state index in [4.69, 9.17) is 23.6 Å². The van der Waals surface area contributed by atoms with Crippen molar-refractivity contribution in [3.8, 4) is 0 Å². The molecule has 0 saturated carbocycles. The maximum absolute atomic E-state index is 12.7. The minimum absolute atomic E-state index is 0.0208. The molecule has 0 aliphatic heterocycles. The first-order valence-corrected chi connectivity index (χ1v) is 27.0. The first-order valence-electron chi connectivity index (χ1n) is 25.5. The number of phosphoric ester groups is 1. The molecule has 0 saturated heterocycles. The molecule has 3 N–H and O–H groups in total. The zero-order chi connectivity index (χ0) is 48.1. The first kappa shape index (κ1) is 62.9. The highest BCUT2D eigenvalue weighted by molar-refractivity contribution is 7.47. The molecule has 66 heavy (non-hydrogen) atoms. The Labute approximate surface area is 402 Å². The number of unbranched alkanes of at least 4 members (excludes halogenated alkanes) is 13. The minimum atomic E-state index is -4.55. The normalized spacial score (nSPS) is 14.8. The molecule has 0 amide bonds. The zero-order valence-corrected chi connectivity index (χ0v) is 42.3. The van der Waals surface area contributed by atoms with Crippen LogP contribution < -0.4 is 0 Å². The molecule has 0 aromatic heterocycles. The van der Waals surface area contributed by atoms with E-state index in [1.165, 1.54) is 57.8 Å². The third-order valence-corrected chi connectivity index (χ3v) is 11.1. The van der Waals surface area contributed by atoms with E-state index in [0.29, 0.717) is 13.0 Å². The summed E-state index contributed by atoms with van der Waals surface area (Å²) in [5, 5.41) is 18.4. The lowest BCUT2D eigenvalue weighted by molar-refractivity contribution is -0.154. The predicted molar refractivity (Wildman–Crippen MR) is 278 cm³/mol. The van der Waals surface area contributed by atoms with Gasteiger partial charge in [-0.3, -0.25) is 13.8 Å². The van der Waals surface area contributed by atoms with Crippen LogP contribution in [0.1, 0.15) is 181 Å². The lowest BCUT2D eigenvalue weighted by atomic mass is 10.1. The highest BCUT2D eigenvalue weighted by atomic mass is 31.2. The van der Waals surface area contributed by atoms with Gasteiger partial charge in [-0.1, -0.05) is 193 Å². The number of hydrogen-bond donors (Lipinski definition) is 3. The van der Waals surface area contributed by atoms with E-state index in [2.05, 4.69) is 135 Å². The minimum Gasteiger partial charge on any atom is -0.457 e. The molecular formula is C56H93O9P. The van der Waals surface area contributed by atoms with Gasteiger partial charge in [0, 0.05) is 13.0 Å². The number of ether oxygens (including phenoxy) is 2. The first-order chi connectivity index (χ1) is 32.3. The third-order valence-electron chi connectivity index (χ3n) is 10.1. The number of allylic oxidation sites excluding steroid dienone is 20. The fourth-order valence-electron chi connectivity index (χ4n) is 6.35. The number of rotatable bonds is 47. The van der Waals surface area contributed by atoms with Crippen LogP contribution in [0.5, 0.6) is 0 Å². The number of phosphoric acid groups is 1. The molecule has 0 aromatic rings. The molecule has 0 aliphatic carbocycles. The van der Waals surface area contributed by atoms with Gasteiger partial charge in [-0.25, -0.2) is 4.57 Å². The fourth-order valence-corrected chi connectivity index (χ4v) is 7.14. The summed E-state index contributed by atoms with van der Waals surface area (Å²) in [5.74, 6) is -0.429. The van der Waals surface area contributed by atoms with Crippen LogP contribution >= 0.6 is 7.82 Å². The number of aliphatic hydroxyl groups excluding tert-OH is 2. The van der Waals surface area contributed by atoms with E-state index in [1.54, 1.807) is 0 Å². The van der Waals surface area contributed by atoms with Gasteiger partial charge in [-0.05, 0) is 103 Å². The monoisotopic (exact) mass is 941 g/mol. The summed E-state index contributed by atoms with van der Waals surface area (Å²) >= 11 is 0. The Balaban J connectivity index is 4.19. The van der Waals surface area contributed by atoms with Crippen LogP contribution in [-0.2, 0) is 27.9 Å². The molecule has 0 radical (unpaired) electrons.